The van der Waals surface area contributed by atoms with Crippen LogP contribution in [0.1, 0.15) is 0 Å². The summed E-state index contributed by atoms with van der Waals surface area (Å²) in [5, 5.41) is 7.37. The van der Waals surface area contributed by atoms with Crippen molar-refractivity contribution in [2.24, 2.45) is 0 Å². The van der Waals surface area contributed by atoms with Gasteiger partial charge in [0.2, 0.25) is 0 Å². The molecule has 0 aliphatic rings. The van der Waals surface area contributed by atoms with E-state index in [0.717, 1.165) is 28.1 Å². The lowest BCUT2D eigenvalue weighted by Crippen LogP contribution is -1.99. The third kappa shape index (κ3) is 6.01. The van der Waals surface area contributed by atoms with Crippen molar-refractivity contribution in [2.45, 2.75) is 0 Å². The molecule has 0 atom stereocenters. The Morgan fingerprint density at radius 3 is 1.32 bits per heavy atom. The average Bonchev–Trinajstić information content (AvgIpc) is 4.07. The standard InChI is InChI=1S/C66H43N3/c1-4-21-44(22-5-1)47-39-40-49(46-25-8-3-9-26-46)63(43-47)68-59-36-18-13-30-54(59)64-52(32-20-38-61(64)68)50-28-11-16-34-57(50)67-60-37-19-14-31-55(60)65-62(67)42-41-53-51-29-12-17-35-58(51)69(66(53)65)56-33-15-10-27-48(56)45-23-6-2-7-24-45/h1-43H. The highest BCUT2D eigenvalue weighted by Crippen LogP contribution is 2.47. The van der Waals surface area contributed by atoms with Gasteiger partial charge in [-0.1, -0.05) is 212 Å². The number of para-hydroxylation sites is 5. The molecular formula is C66H43N3. The van der Waals surface area contributed by atoms with Gasteiger partial charge >= 0.3 is 0 Å². The molecule has 3 nitrogen and oxygen atoms in total. The van der Waals surface area contributed by atoms with Gasteiger partial charge in [-0.15, -0.1) is 0 Å². The quantitative estimate of drug-likeness (QED) is 0.152. The van der Waals surface area contributed by atoms with Crippen molar-refractivity contribution in [1.82, 2.24) is 13.7 Å². The maximum Gasteiger partial charge on any atom is 0.0641 e. The minimum absolute atomic E-state index is 1.13. The molecule has 0 saturated heterocycles. The van der Waals surface area contributed by atoms with E-state index in [2.05, 4.69) is 275 Å². The van der Waals surface area contributed by atoms with Crippen molar-refractivity contribution >= 4 is 65.4 Å². The maximum absolute atomic E-state index is 2.52. The van der Waals surface area contributed by atoms with Gasteiger partial charge in [-0.25, -0.2) is 0 Å². The summed E-state index contributed by atoms with van der Waals surface area (Å²) in [4.78, 5) is 0. The minimum Gasteiger partial charge on any atom is -0.309 e. The van der Waals surface area contributed by atoms with Crippen LogP contribution in [0.2, 0.25) is 0 Å². The molecule has 3 heterocycles. The Balaban J connectivity index is 1.05. The third-order valence-corrected chi connectivity index (χ3v) is 14.3. The summed E-state index contributed by atoms with van der Waals surface area (Å²) in [5.41, 5.74) is 20.0. The van der Waals surface area contributed by atoms with E-state index >= 15 is 0 Å². The van der Waals surface area contributed by atoms with E-state index in [1.54, 1.807) is 0 Å². The Morgan fingerprint density at radius 1 is 0.203 bits per heavy atom. The highest BCUT2D eigenvalue weighted by Gasteiger charge is 2.25. The zero-order valence-electron chi connectivity index (χ0n) is 37.7. The molecule has 14 rings (SSSR count). The van der Waals surface area contributed by atoms with Gasteiger partial charge in [0.1, 0.15) is 0 Å². The first-order valence-corrected chi connectivity index (χ1v) is 23.8. The molecule has 0 N–H and O–H groups in total. The van der Waals surface area contributed by atoms with Crippen LogP contribution in [0, 0.1) is 0 Å². The first-order chi connectivity index (χ1) is 34.3. The van der Waals surface area contributed by atoms with Gasteiger partial charge in [0.15, 0.2) is 0 Å². The molecule has 3 heteroatoms. The predicted octanol–water partition coefficient (Wildman–Crippen LogP) is 17.6. The summed E-state index contributed by atoms with van der Waals surface area (Å²) >= 11 is 0. The van der Waals surface area contributed by atoms with Crippen molar-refractivity contribution in [3.05, 3.63) is 261 Å². The second-order valence-electron chi connectivity index (χ2n) is 18.0. The molecular weight excluding hydrogens is 835 g/mol. The minimum atomic E-state index is 1.13. The second kappa shape index (κ2) is 15.7. The smallest absolute Gasteiger partial charge is 0.0641 e. The molecule has 69 heavy (non-hydrogen) atoms. The molecule has 0 spiro atoms. The lowest BCUT2D eigenvalue weighted by molar-refractivity contribution is 1.17. The molecule has 0 amide bonds. The normalized spacial score (nSPS) is 11.8. The zero-order valence-corrected chi connectivity index (χ0v) is 37.7. The number of nitrogens with zero attached hydrogens (tertiary/aromatic N) is 3. The molecule has 0 fully saturated rings. The lowest BCUT2D eigenvalue weighted by Gasteiger charge is -2.17. The van der Waals surface area contributed by atoms with Crippen LogP contribution in [0.15, 0.2) is 261 Å². The fourth-order valence-electron chi connectivity index (χ4n) is 11.3. The zero-order chi connectivity index (χ0) is 45.4. The third-order valence-electron chi connectivity index (χ3n) is 14.3. The summed E-state index contributed by atoms with van der Waals surface area (Å²) in [5.74, 6) is 0. The molecule has 0 bridgehead atoms. The van der Waals surface area contributed by atoms with E-state index in [-0.39, 0.29) is 0 Å². The summed E-state index contributed by atoms with van der Waals surface area (Å²) in [6.07, 6.45) is 0. The average molecular weight is 878 g/mol. The Labute approximate surface area is 399 Å². The summed E-state index contributed by atoms with van der Waals surface area (Å²) in [6.45, 7) is 0. The SMILES string of the molecule is c1ccc(-c2ccc(-c3ccccc3)c(-n3c4ccccc4c4c(-c5ccccc5-n5c6ccccc6c6c5ccc5c7ccccc7n(-c7ccccc7-c7ccccc7)c56)cccc43)c2)cc1. The van der Waals surface area contributed by atoms with Gasteiger partial charge < -0.3 is 13.7 Å². The van der Waals surface area contributed by atoms with Crippen molar-refractivity contribution in [2.75, 3.05) is 0 Å². The van der Waals surface area contributed by atoms with Crippen molar-refractivity contribution < 1.29 is 0 Å². The van der Waals surface area contributed by atoms with E-state index in [9.17, 15) is 0 Å². The number of fused-ring (bicyclic) bond motifs is 10. The van der Waals surface area contributed by atoms with Crippen LogP contribution >= 0.6 is 0 Å². The van der Waals surface area contributed by atoms with Crippen LogP contribution in [0.25, 0.3) is 127 Å². The number of aromatic nitrogens is 3. The van der Waals surface area contributed by atoms with E-state index < -0.39 is 0 Å². The van der Waals surface area contributed by atoms with Crippen molar-refractivity contribution in [3.8, 4) is 61.6 Å². The van der Waals surface area contributed by atoms with Crippen LogP contribution in [-0.2, 0) is 0 Å². The number of hydrogen-bond donors (Lipinski definition) is 0. The largest absolute Gasteiger partial charge is 0.309 e. The highest BCUT2D eigenvalue weighted by atomic mass is 15.0. The van der Waals surface area contributed by atoms with E-state index in [4.69, 9.17) is 0 Å². The Bertz CT molecular complexity index is 4290. The fourth-order valence-corrected chi connectivity index (χ4v) is 11.3. The van der Waals surface area contributed by atoms with Crippen molar-refractivity contribution in [1.29, 1.82) is 0 Å². The lowest BCUT2D eigenvalue weighted by atomic mass is 9.97. The van der Waals surface area contributed by atoms with Gasteiger partial charge in [-0.3, -0.25) is 0 Å². The van der Waals surface area contributed by atoms with Gasteiger partial charge in [0.05, 0.1) is 50.2 Å². The monoisotopic (exact) mass is 877 g/mol. The first-order valence-electron chi connectivity index (χ1n) is 23.8. The molecule has 3 aromatic heterocycles. The summed E-state index contributed by atoms with van der Waals surface area (Å²) in [7, 11) is 0. The molecule has 322 valence electrons. The maximum atomic E-state index is 2.52. The molecule has 14 aromatic rings. The van der Waals surface area contributed by atoms with Gasteiger partial charge in [-0.05, 0) is 76.3 Å². The Morgan fingerprint density at radius 2 is 0.652 bits per heavy atom. The molecule has 11 aromatic carbocycles. The second-order valence-corrected chi connectivity index (χ2v) is 18.0. The van der Waals surface area contributed by atoms with Crippen molar-refractivity contribution in [3.63, 3.8) is 0 Å². The Kier molecular flexibility index (Phi) is 8.90. The molecule has 0 radical (unpaired) electrons. The van der Waals surface area contributed by atoms with Gasteiger partial charge in [-0.2, -0.15) is 0 Å². The van der Waals surface area contributed by atoms with Crippen LogP contribution in [0.3, 0.4) is 0 Å². The van der Waals surface area contributed by atoms with Crippen LogP contribution < -0.4 is 0 Å². The topological polar surface area (TPSA) is 14.8 Å². The molecule has 0 saturated carbocycles. The fraction of sp³-hybridized carbons (Fsp3) is 0. The van der Waals surface area contributed by atoms with E-state index in [1.807, 2.05) is 0 Å². The number of benzene rings is 11. The van der Waals surface area contributed by atoms with Gasteiger partial charge in [0, 0.05) is 49.0 Å². The number of hydrogen-bond acceptors (Lipinski definition) is 0. The summed E-state index contributed by atoms with van der Waals surface area (Å²) < 4.78 is 7.53. The van der Waals surface area contributed by atoms with Crippen LogP contribution in [0.4, 0.5) is 0 Å². The predicted molar refractivity (Wildman–Crippen MR) is 291 cm³/mol. The molecule has 0 aliphatic carbocycles. The number of rotatable bonds is 7. The van der Waals surface area contributed by atoms with Gasteiger partial charge in [0.25, 0.3) is 0 Å². The Hall–Kier alpha value is -9.18. The van der Waals surface area contributed by atoms with Crippen LogP contribution in [0.5, 0.6) is 0 Å². The molecule has 0 unspecified atom stereocenters. The van der Waals surface area contributed by atoms with E-state index in [1.165, 1.54) is 98.9 Å². The first kappa shape index (κ1) is 39.0. The van der Waals surface area contributed by atoms with E-state index in [0.29, 0.717) is 0 Å². The summed E-state index contributed by atoms with van der Waals surface area (Å²) in [6, 6.07) is 95.4. The highest BCUT2D eigenvalue weighted by molar-refractivity contribution is 6.27. The molecule has 0 aliphatic heterocycles. The van der Waals surface area contributed by atoms with Crippen LogP contribution in [-0.4, -0.2) is 13.7 Å².